The largest absolute Gasteiger partial charge is 0.481 e. The monoisotopic (exact) mass is 300 g/mol. The molecule has 0 aromatic rings. The molecule has 0 aliphatic heterocycles. The zero-order valence-electron chi connectivity index (χ0n) is 12.6. The first-order valence-corrected chi connectivity index (χ1v) is 7.15. The number of carboxylic acid groups (broad SMARTS) is 1. The number of hydrogen-bond donors (Lipinski definition) is 3. The molecule has 1 saturated carbocycles. The summed E-state index contributed by atoms with van der Waals surface area (Å²) in [4.78, 5) is 33.7. The molecule has 7 nitrogen and oxygen atoms in total. The van der Waals surface area contributed by atoms with Crippen molar-refractivity contribution in [3.63, 3.8) is 0 Å². The number of hydrogen-bond acceptors (Lipinski definition) is 4. The highest BCUT2D eigenvalue weighted by atomic mass is 16.5. The van der Waals surface area contributed by atoms with Crippen molar-refractivity contribution >= 4 is 17.9 Å². The molecule has 0 radical (unpaired) electrons. The second-order valence-corrected chi connectivity index (χ2v) is 5.88. The lowest BCUT2D eigenvalue weighted by Crippen LogP contribution is -2.42. The molecule has 120 valence electrons. The number of nitrogens with one attached hydrogen (secondary N) is 2. The number of aliphatic carboxylic acids is 1. The van der Waals surface area contributed by atoms with Crippen molar-refractivity contribution in [1.29, 1.82) is 0 Å². The fraction of sp³-hybridized carbons (Fsp3) is 0.786. The van der Waals surface area contributed by atoms with Crippen LogP contribution in [0, 0.1) is 11.3 Å². The van der Waals surface area contributed by atoms with E-state index >= 15 is 0 Å². The average Bonchev–Trinajstić information content (AvgIpc) is 3.13. The molecule has 0 aromatic carbocycles. The van der Waals surface area contributed by atoms with Crippen molar-refractivity contribution in [3.8, 4) is 0 Å². The van der Waals surface area contributed by atoms with E-state index in [0.29, 0.717) is 13.2 Å². The number of imide groups is 1. The lowest BCUT2D eigenvalue weighted by atomic mass is 10.0. The minimum atomic E-state index is -0.950. The molecule has 0 spiro atoms. The van der Waals surface area contributed by atoms with E-state index in [0.717, 1.165) is 19.3 Å². The molecule has 1 fully saturated rings. The first-order chi connectivity index (χ1) is 9.87. The van der Waals surface area contributed by atoms with Gasteiger partial charge in [0.15, 0.2) is 0 Å². The van der Waals surface area contributed by atoms with Crippen LogP contribution in [0.3, 0.4) is 0 Å². The minimum Gasteiger partial charge on any atom is -0.481 e. The van der Waals surface area contributed by atoms with Gasteiger partial charge in [-0.1, -0.05) is 6.92 Å². The van der Waals surface area contributed by atoms with Gasteiger partial charge in [-0.2, -0.15) is 0 Å². The number of amides is 3. The second-order valence-electron chi connectivity index (χ2n) is 5.88. The van der Waals surface area contributed by atoms with Crippen LogP contribution in [0.4, 0.5) is 4.79 Å². The fourth-order valence-corrected chi connectivity index (χ4v) is 2.19. The standard InChI is InChI=1S/C14H24N2O5/c1-10(8-12(18)19)7-11(17)16-13(20)15-9-14(3-4-14)5-6-21-2/h10H,3-9H2,1-2H3,(H,18,19)(H2,15,16,17,20). The van der Waals surface area contributed by atoms with Crippen molar-refractivity contribution in [3.05, 3.63) is 0 Å². The number of carbonyl (C=O) groups is 3. The first kappa shape index (κ1) is 17.4. The fourth-order valence-electron chi connectivity index (χ4n) is 2.19. The smallest absolute Gasteiger partial charge is 0.321 e. The van der Waals surface area contributed by atoms with Gasteiger partial charge >= 0.3 is 12.0 Å². The number of urea groups is 1. The molecule has 1 atom stereocenters. The van der Waals surface area contributed by atoms with Crippen molar-refractivity contribution in [2.24, 2.45) is 11.3 Å². The van der Waals surface area contributed by atoms with Crippen LogP contribution in [0.15, 0.2) is 0 Å². The van der Waals surface area contributed by atoms with Crippen molar-refractivity contribution in [2.45, 2.75) is 39.0 Å². The van der Waals surface area contributed by atoms with Gasteiger partial charge in [0.05, 0.1) is 0 Å². The van der Waals surface area contributed by atoms with Gasteiger partial charge in [-0.25, -0.2) is 4.79 Å². The van der Waals surface area contributed by atoms with Crippen LogP contribution in [0.25, 0.3) is 0 Å². The molecular weight excluding hydrogens is 276 g/mol. The lowest BCUT2D eigenvalue weighted by molar-refractivity contribution is -0.138. The zero-order chi connectivity index (χ0) is 15.9. The van der Waals surface area contributed by atoms with E-state index in [4.69, 9.17) is 9.84 Å². The predicted octanol–water partition coefficient (Wildman–Crippen LogP) is 1.13. The maximum absolute atomic E-state index is 11.6. The summed E-state index contributed by atoms with van der Waals surface area (Å²) >= 11 is 0. The van der Waals surface area contributed by atoms with Gasteiger partial charge in [0.25, 0.3) is 0 Å². The summed E-state index contributed by atoms with van der Waals surface area (Å²) < 4.78 is 5.03. The predicted molar refractivity (Wildman–Crippen MR) is 75.7 cm³/mol. The van der Waals surface area contributed by atoms with E-state index in [9.17, 15) is 14.4 Å². The zero-order valence-corrected chi connectivity index (χ0v) is 12.6. The van der Waals surface area contributed by atoms with Gasteiger partial charge < -0.3 is 15.2 Å². The first-order valence-electron chi connectivity index (χ1n) is 7.15. The number of carbonyl (C=O) groups excluding carboxylic acids is 2. The molecular formula is C14H24N2O5. The normalized spacial score (nSPS) is 16.9. The molecule has 0 aromatic heterocycles. The van der Waals surface area contributed by atoms with E-state index in [1.165, 1.54) is 0 Å². The topological polar surface area (TPSA) is 105 Å². The van der Waals surface area contributed by atoms with Gasteiger partial charge in [0, 0.05) is 33.1 Å². The summed E-state index contributed by atoms with van der Waals surface area (Å²) in [5.41, 5.74) is 0.118. The van der Waals surface area contributed by atoms with E-state index in [2.05, 4.69) is 10.6 Å². The number of ether oxygens (including phenoxy) is 1. The highest BCUT2D eigenvalue weighted by Crippen LogP contribution is 2.48. The maximum Gasteiger partial charge on any atom is 0.321 e. The SMILES string of the molecule is COCCC1(CNC(=O)NC(=O)CC(C)CC(=O)O)CC1. The highest BCUT2D eigenvalue weighted by molar-refractivity contribution is 5.94. The summed E-state index contributed by atoms with van der Waals surface area (Å²) in [6, 6.07) is -0.522. The molecule has 21 heavy (non-hydrogen) atoms. The van der Waals surface area contributed by atoms with Gasteiger partial charge in [-0.3, -0.25) is 14.9 Å². The Labute approximate surface area is 124 Å². The van der Waals surface area contributed by atoms with Crippen LogP contribution >= 0.6 is 0 Å². The van der Waals surface area contributed by atoms with Crippen LogP contribution in [0.5, 0.6) is 0 Å². The van der Waals surface area contributed by atoms with E-state index in [1.54, 1.807) is 14.0 Å². The number of rotatable bonds is 9. The molecule has 0 bridgehead atoms. The van der Waals surface area contributed by atoms with Crippen molar-refractivity contribution < 1.29 is 24.2 Å². The van der Waals surface area contributed by atoms with Gasteiger partial charge in [0.2, 0.25) is 5.91 Å². The summed E-state index contributed by atoms with van der Waals surface area (Å²) in [5.74, 6) is -1.71. The molecule has 1 aliphatic rings. The molecule has 0 heterocycles. The summed E-state index contributed by atoms with van der Waals surface area (Å²) in [6.45, 7) is 2.85. The van der Waals surface area contributed by atoms with Crippen LogP contribution < -0.4 is 10.6 Å². The van der Waals surface area contributed by atoms with Crippen LogP contribution in [0.1, 0.15) is 39.0 Å². The van der Waals surface area contributed by atoms with Crippen LogP contribution in [-0.2, 0) is 14.3 Å². The molecule has 1 unspecified atom stereocenters. The molecule has 1 rings (SSSR count). The Morgan fingerprint density at radius 1 is 1.29 bits per heavy atom. The summed E-state index contributed by atoms with van der Waals surface area (Å²) in [6.07, 6.45) is 2.94. The lowest BCUT2D eigenvalue weighted by Gasteiger charge is -2.16. The van der Waals surface area contributed by atoms with E-state index in [-0.39, 0.29) is 24.2 Å². The Hall–Kier alpha value is -1.63. The molecule has 7 heteroatoms. The molecule has 3 amide bonds. The van der Waals surface area contributed by atoms with Crippen LogP contribution in [-0.4, -0.2) is 43.3 Å². The van der Waals surface area contributed by atoms with Crippen molar-refractivity contribution in [1.82, 2.24) is 10.6 Å². The quantitative estimate of drug-likeness (QED) is 0.592. The van der Waals surface area contributed by atoms with Crippen LogP contribution in [0.2, 0.25) is 0 Å². The van der Waals surface area contributed by atoms with Gasteiger partial charge in [-0.05, 0) is 30.6 Å². The Kier molecular flexibility index (Phi) is 6.61. The Bertz CT molecular complexity index is 393. The molecule has 3 N–H and O–H groups in total. The molecule has 0 saturated heterocycles. The Balaban J connectivity index is 2.21. The third-order valence-corrected chi connectivity index (χ3v) is 3.73. The average molecular weight is 300 g/mol. The third kappa shape index (κ3) is 7.08. The van der Waals surface area contributed by atoms with Crippen molar-refractivity contribution in [2.75, 3.05) is 20.3 Å². The van der Waals surface area contributed by atoms with Gasteiger partial charge in [-0.15, -0.1) is 0 Å². The Morgan fingerprint density at radius 2 is 1.95 bits per heavy atom. The Morgan fingerprint density at radius 3 is 2.48 bits per heavy atom. The van der Waals surface area contributed by atoms with Gasteiger partial charge in [0.1, 0.15) is 0 Å². The maximum atomic E-state index is 11.6. The molecule has 1 aliphatic carbocycles. The summed E-state index contributed by atoms with van der Waals surface area (Å²) in [7, 11) is 1.65. The van der Waals surface area contributed by atoms with E-state index in [1.807, 2.05) is 0 Å². The highest BCUT2D eigenvalue weighted by Gasteiger charge is 2.42. The number of carboxylic acids is 1. The second kappa shape index (κ2) is 7.97. The van der Waals surface area contributed by atoms with E-state index < -0.39 is 17.9 Å². The number of methoxy groups -OCH3 is 1. The third-order valence-electron chi connectivity index (χ3n) is 3.73. The minimum absolute atomic E-state index is 0.0224. The summed E-state index contributed by atoms with van der Waals surface area (Å²) in [5, 5.41) is 13.5.